The van der Waals surface area contributed by atoms with Crippen molar-refractivity contribution in [2.75, 3.05) is 57.8 Å². The van der Waals surface area contributed by atoms with Crippen molar-refractivity contribution in [2.24, 2.45) is 5.92 Å². The second kappa shape index (κ2) is 10.5. The van der Waals surface area contributed by atoms with Gasteiger partial charge in [0.15, 0.2) is 11.5 Å². The van der Waals surface area contributed by atoms with Gasteiger partial charge in [-0.05, 0) is 37.3 Å². The number of carbonyl (C=O) groups excluding carboxylic acids is 2. The van der Waals surface area contributed by atoms with Gasteiger partial charge in [-0.3, -0.25) is 4.79 Å². The summed E-state index contributed by atoms with van der Waals surface area (Å²) in [6, 6.07) is 10.1. The molecule has 3 atom stereocenters. The monoisotopic (exact) mass is 498 g/mol. The summed E-state index contributed by atoms with van der Waals surface area (Å²) in [4.78, 5) is 31.6. The van der Waals surface area contributed by atoms with Gasteiger partial charge in [0.1, 0.15) is 11.9 Å². The molecule has 194 valence electrons. The van der Waals surface area contributed by atoms with E-state index < -0.39 is 0 Å². The first-order valence-electron chi connectivity index (χ1n) is 12.0. The van der Waals surface area contributed by atoms with Crippen molar-refractivity contribution < 1.29 is 28.9 Å². The van der Waals surface area contributed by atoms with E-state index in [1.165, 1.54) is 0 Å². The van der Waals surface area contributed by atoms with Crippen molar-refractivity contribution in [2.45, 2.75) is 26.0 Å². The Morgan fingerprint density at radius 3 is 2.58 bits per heavy atom. The highest BCUT2D eigenvalue weighted by molar-refractivity contribution is 5.98. The number of likely N-dealkylation sites (N-methyl/N-ethyl adjacent to an activating group) is 1. The summed E-state index contributed by atoms with van der Waals surface area (Å²) in [5.41, 5.74) is 1.90. The van der Waals surface area contributed by atoms with Gasteiger partial charge < -0.3 is 39.3 Å². The Morgan fingerprint density at radius 2 is 1.86 bits per heavy atom. The van der Waals surface area contributed by atoms with Gasteiger partial charge in [-0.25, -0.2) is 4.79 Å². The van der Waals surface area contributed by atoms with Gasteiger partial charge in [-0.1, -0.05) is 6.92 Å². The summed E-state index contributed by atoms with van der Waals surface area (Å²) in [6.07, 6.45) is -0.386. The quantitative estimate of drug-likeness (QED) is 0.631. The molecule has 0 unspecified atom stereocenters. The van der Waals surface area contributed by atoms with Crippen molar-refractivity contribution in [3.8, 4) is 17.2 Å². The van der Waals surface area contributed by atoms with E-state index in [1.807, 2.05) is 38.9 Å². The van der Waals surface area contributed by atoms with Gasteiger partial charge in [0.25, 0.3) is 5.91 Å². The number of aliphatic hydroxyl groups excluding tert-OH is 1. The molecule has 2 aromatic carbocycles. The van der Waals surface area contributed by atoms with Crippen LogP contribution in [0.25, 0.3) is 0 Å². The molecule has 10 nitrogen and oxygen atoms in total. The Morgan fingerprint density at radius 1 is 1.14 bits per heavy atom. The number of nitrogens with one attached hydrogen (secondary N) is 1. The van der Waals surface area contributed by atoms with Crippen LogP contribution in [0.4, 0.5) is 16.2 Å². The Kier molecular flexibility index (Phi) is 7.44. The minimum atomic E-state index is -0.386. The molecule has 0 aromatic heterocycles. The molecule has 2 N–H and O–H groups in total. The Balaban J connectivity index is 1.54. The smallest absolute Gasteiger partial charge is 0.321 e. The third-order valence-corrected chi connectivity index (χ3v) is 6.59. The number of nitrogens with zero attached hydrogens (tertiary/aromatic N) is 3. The minimum Gasteiger partial charge on any atom is -0.487 e. The van der Waals surface area contributed by atoms with Crippen LogP contribution in [-0.4, -0.2) is 86.6 Å². The Hall–Kier alpha value is -3.66. The lowest BCUT2D eigenvalue weighted by molar-refractivity contribution is 0.0371. The molecule has 0 bridgehead atoms. The fourth-order valence-corrected chi connectivity index (χ4v) is 4.25. The van der Waals surface area contributed by atoms with Crippen LogP contribution in [0, 0.1) is 5.92 Å². The first-order chi connectivity index (χ1) is 17.2. The number of anilines is 2. The number of rotatable bonds is 6. The van der Waals surface area contributed by atoms with Gasteiger partial charge in [0.05, 0.1) is 24.8 Å². The van der Waals surface area contributed by atoms with Crippen LogP contribution in [0.5, 0.6) is 17.2 Å². The van der Waals surface area contributed by atoms with Crippen molar-refractivity contribution in [1.29, 1.82) is 0 Å². The van der Waals surface area contributed by atoms with E-state index in [-0.39, 0.29) is 43.4 Å². The molecule has 0 radical (unpaired) electrons. The molecule has 4 rings (SSSR count). The standard InChI is InChI=1S/C26H34N4O6/c1-16-12-30(17(2)14-31)25(32)20-11-19(28(3)4)7-9-21(20)36-24(16)13-29(5)26(33)27-18-6-8-22-23(10-18)35-15-34-22/h6-11,16-17,24,31H,12-15H2,1-5H3,(H,27,33)/t16-,17+,24-/m1/s1. The highest BCUT2D eigenvalue weighted by Gasteiger charge is 2.34. The first kappa shape index (κ1) is 25.4. The number of ether oxygens (including phenoxy) is 3. The van der Waals surface area contributed by atoms with E-state index in [0.717, 1.165) is 5.69 Å². The zero-order valence-corrected chi connectivity index (χ0v) is 21.4. The van der Waals surface area contributed by atoms with E-state index in [4.69, 9.17) is 14.2 Å². The zero-order chi connectivity index (χ0) is 26.0. The summed E-state index contributed by atoms with van der Waals surface area (Å²) in [6.45, 7) is 4.50. The van der Waals surface area contributed by atoms with Crippen LogP contribution >= 0.6 is 0 Å². The van der Waals surface area contributed by atoms with E-state index >= 15 is 0 Å². The minimum absolute atomic E-state index is 0.106. The van der Waals surface area contributed by atoms with Crippen molar-refractivity contribution in [3.63, 3.8) is 0 Å². The topological polar surface area (TPSA) is 104 Å². The molecule has 2 aromatic rings. The Bertz CT molecular complexity index is 1120. The number of hydrogen-bond donors (Lipinski definition) is 2. The molecule has 2 heterocycles. The number of urea groups is 1. The third kappa shape index (κ3) is 5.28. The number of fused-ring (bicyclic) bond motifs is 2. The van der Waals surface area contributed by atoms with Crippen molar-refractivity contribution >= 4 is 23.3 Å². The SMILES string of the molecule is C[C@@H]1CN([C@@H](C)CO)C(=O)c2cc(N(C)C)ccc2O[C@@H]1CN(C)C(=O)Nc1ccc2c(c1)OCO2. The van der Waals surface area contributed by atoms with Crippen LogP contribution in [0.1, 0.15) is 24.2 Å². The van der Waals surface area contributed by atoms with Gasteiger partial charge in [-0.2, -0.15) is 0 Å². The largest absolute Gasteiger partial charge is 0.487 e. The molecular formula is C26H34N4O6. The molecule has 0 aliphatic carbocycles. The number of benzene rings is 2. The normalized spacial score (nSPS) is 19.5. The number of carbonyl (C=O) groups is 2. The van der Waals surface area contributed by atoms with Crippen LogP contribution in [-0.2, 0) is 0 Å². The van der Waals surface area contributed by atoms with Crippen LogP contribution in [0.2, 0.25) is 0 Å². The predicted molar refractivity (Wildman–Crippen MR) is 136 cm³/mol. The van der Waals surface area contributed by atoms with Crippen molar-refractivity contribution in [1.82, 2.24) is 9.80 Å². The third-order valence-electron chi connectivity index (χ3n) is 6.59. The summed E-state index contributed by atoms with van der Waals surface area (Å²) in [5, 5.41) is 12.7. The second-order valence-corrected chi connectivity index (χ2v) is 9.58. The average Bonchev–Trinajstić information content (AvgIpc) is 3.33. The predicted octanol–water partition coefficient (Wildman–Crippen LogP) is 2.87. The molecule has 10 heteroatoms. The maximum atomic E-state index is 13.5. The fourth-order valence-electron chi connectivity index (χ4n) is 4.25. The van der Waals surface area contributed by atoms with Crippen LogP contribution < -0.4 is 24.4 Å². The summed E-state index contributed by atoms with van der Waals surface area (Å²) < 4.78 is 17.1. The molecule has 0 saturated heterocycles. The van der Waals surface area contributed by atoms with Gasteiger partial charge in [0.2, 0.25) is 6.79 Å². The fraction of sp³-hybridized carbons (Fsp3) is 0.462. The second-order valence-electron chi connectivity index (χ2n) is 9.58. The molecule has 2 aliphatic rings. The number of hydrogen-bond acceptors (Lipinski definition) is 7. The van der Waals surface area contributed by atoms with Crippen LogP contribution in [0.15, 0.2) is 36.4 Å². The zero-order valence-electron chi connectivity index (χ0n) is 21.4. The maximum Gasteiger partial charge on any atom is 0.321 e. The van der Waals surface area contributed by atoms with Gasteiger partial charge in [-0.15, -0.1) is 0 Å². The Labute approximate surface area is 211 Å². The lowest BCUT2D eigenvalue weighted by Crippen LogP contribution is -2.50. The molecule has 36 heavy (non-hydrogen) atoms. The van der Waals surface area contributed by atoms with E-state index in [9.17, 15) is 14.7 Å². The molecule has 0 fully saturated rings. The number of amides is 3. The summed E-state index contributed by atoms with van der Waals surface area (Å²) >= 11 is 0. The highest BCUT2D eigenvalue weighted by atomic mass is 16.7. The van der Waals surface area contributed by atoms with E-state index in [0.29, 0.717) is 41.6 Å². The van der Waals surface area contributed by atoms with Crippen molar-refractivity contribution in [3.05, 3.63) is 42.0 Å². The maximum absolute atomic E-state index is 13.5. The summed E-state index contributed by atoms with van der Waals surface area (Å²) in [5.74, 6) is 1.40. The highest BCUT2D eigenvalue weighted by Crippen LogP contribution is 2.34. The average molecular weight is 499 g/mol. The molecule has 3 amide bonds. The lowest BCUT2D eigenvalue weighted by Gasteiger charge is -2.38. The van der Waals surface area contributed by atoms with Gasteiger partial charge >= 0.3 is 6.03 Å². The molecule has 0 spiro atoms. The van der Waals surface area contributed by atoms with Crippen LogP contribution in [0.3, 0.4) is 0 Å². The van der Waals surface area contributed by atoms with E-state index in [2.05, 4.69) is 5.32 Å². The van der Waals surface area contributed by atoms with Gasteiger partial charge in [0, 0.05) is 51.0 Å². The molecular weight excluding hydrogens is 464 g/mol. The van der Waals surface area contributed by atoms with E-state index in [1.54, 1.807) is 47.2 Å². The molecule has 2 aliphatic heterocycles. The number of aliphatic hydroxyl groups is 1. The molecule has 0 saturated carbocycles. The first-order valence-corrected chi connectivity index (χ1v) is 12.0. The summed E-state index contributed by atoms with van der Waals surface area (Å²) in [7, 11) is 5.51. The lowest BCUT2D eigenvalue weighted by atomic mass is 9.99.